The minimum Gasteiger partial charge on any atom is -0.489 e. The molecule has 0 saturated carbocycles. The Labute approximate surface area is 179 Å². The van der Waals surface area contributed by atoms with Gasteiger partial charge in [0.05, 0.1) is 28.9 Å². The van der Waals surface area contributed by atoms with Crippen LogP contribution in [0.15, 0.2) is 48.7 Å². The molecule has 2 aromatic carbocycles. The first kappa shape index (κ1) is 20.4. The first-order chi connectivity index (χ1) is 14.4. The maximum Gasteiger partial charge on any atom is 0.309 e. The van der Waals surface area contributed by atoms with Crippen LogP contribution in [-0.2, 0) is 11.3 Å². The number of hydrogen-bond donors (Lipinski definition) is 1. The van der Waals surface area contributed by atoms with Gasteiger partial charge in [0.1, 0.15) is 11.4 Å². The number of likely N-dealkylation sites (tertiary alicyclic amines) is 1. The minimum absolute atomic E-state index is 0.0527. The van der Waals surface area contributed by atoms with Crippen LogP contribution in [-0.4, -0.2) is 50.2 Å². The predicted octanol–water partition coefficient (Wildman–Crippen LogP) is 3.89. The second-order valence-electron chi connectivity index (χ2n) is 7.76. The Bertz CT molecular complexity index is 1040. The van der Waals surface area contributed by atoms with Crippen molar-refractivity contribution >= 4 is 17.6 Å². The number of halogens is 1. The number of hydrogen-bond acceptors (Lipinski definition) is 5. The van der Waals surface area contributed by atoms with Gasteiger partial charge in [0, 0.05) is 25.2 Å². The van der Waals surface area contributed by atoms with Crippen LogP contribution in [0.1, 0.15) is 19.4 Å². The summed E-state index contributed by atoms with van der Waals surface area (Å²) in [5.41, 5.74) is 3.62. The van der Waals surface area contributed by atoms with Gasteiger partial charge < -0.3 is 9.84 Å². The summed E-state index contributed by atoms with van der Waals surface area (Å²) in [5, 5.41) is 18.0. The topological polar surface area (TPSA) is 80.5 Å². The molecular weight excluding hydrogens is 404 g/mol. The molecule has 4 rings (SSSR count). The highest BCUT2D eigenvalue weighted by atomic mass is 35.5. The average molecular weight is 427 g/mol. The van der Waals surface area contributed by atoms with E-state index in [0.29, 0.717) is 23.9 Å². The lowest BCUT2D eigenvalue weighted by molar-refractivity contribution is -0.147. The monoisotopic (exact) mass is 426 g/mol. The lowest BCUT2D eigenvalue weighted by Crippen LogP contribution is -2.49. The Morgan fingerprint density at radius 3 is 2.60 bits per heavy atom. The third-order valence-electron chi connectivity index (χ3n) is 5.00. The SMILES string of the molecule is CC(C)Oc1ccc(-c2cn(-c3ccc(CN4CC(C(=O)O)C4)cc3)nn2)cc1Cl. The van der Waals surface area contributed by atoms with Crippen molar-refractivity contribution in [3.8, 4) is 22.7 Å². The van der Waals surface area contributed by atoms with E-state index in [9.17, 15) is 4.79 Å². The summed E-state index contributed by atoms with van der Waals surface area (Å²) in [5.74, 6) is -0.306. The molecule has 1 fully saturated rings. The Morgan fingerprint density at radius 1 is 1.23 bits per heavy atom. The molecule has 0 aliphatic carbocycles. The zero-order valence-electron chi connectivity index (χ0n) is 16.8. The van der Waals surface area contributed by atoms with Crippen LogP contribution in [0, 0.1) is 5.92 Å². The van der Waals surface area contributed by atoms with Gasteiger partial charge in [-0.3, -0.25) is 9.69 Å². The summed E-state index contributed by atoms with van der Waals surface area (Å²) < 4.78 is 7.39. The van der Waals surface area contributed by atoms with Gasteiger partial charge in [-0.2, -0.15) is 0 Å². The second-order valence-corrected chi connectivity index (χ2v) is 8.16. The maximum atomic E-state index is 10.9. The molecule has 8 heteroatoms. The van der Waals surface area contributed by atoms with Gasteiger partial charge in [0.15, 0.2) is 0 Å². The molecule has 1 saturated heterocycles. The van der Waals surface area contributed by atoms with Gasteiger partial charge in [-0.05, 0) is 49.7 Å². The molecule has 3 aromatic rings. The van der Waals surface area contributed by atoms with Crippen molar-refractivity contribution in [1.82, 2.24) is 19.9 Å². The maximum absolute atomic E-state index is 10.9. The Morgan fingerprint density at radius 2 is 1.97 bits per heavy atom. The zero-order chi connectivity index (χ0) is 21.3. The van der Waals surface area contributed by atoms with Gasteiger partial charge in [-0.15, -0.1) is 5.10 Å². The van der Waals surface area contributed by atoms with E-state index in [4.69, 9.17) is 21.4 Å². The van der Waals surface area contributed by atoms with E-state index >= 15 is 0 Å². The summed E-state index contributed by atoms with van der Waals surface area (Å²) in [6.45, 7) is 5.87. The molecule has 2 heterocycles. The van der Waals surface area contributed by atoms with Gasteiger partial charge >= 0.3 is 5.97 Å². The minimum atomic E-state index is -0.716. The number of rotatable bonds is 7. The van der Waals surface area contributed by atoms with Gasteiger partial charge in [0.25, 0.3) is 0 Å². The lowest BCUT2D eigenvalue weighted by Gasteiger charge is -2.36. The van der Waals surface area contributed by atoms with E-state index in [2.05, 4.69) is 15.2 Å². The Hall–Kier alpha value is -2.90. The number of carboxylic acids is 1. The average Bonchev–Trinajstić information content (AvgIpc) is 3.16. The van der Waals surface area contributed by atoms with E-state index in [1.165, 1.54) is 0 Å². The van der Waals surface area contributed by atoms with Gasteiger partial charge in [-0.25, -0.2) is 4.68 Å². The Balaban J connectivity index is 1.43. The summed E-state index contributed by atoms with van der Waals surface area (Å²) in [6.07, 6.45) is 1.91. The highest BCUT2D eigenvalue weighted by Crippen LogP contribution is 2.30. The second kappa shape index (κ2) is 8.45. The molecule has 0 amide bonds. The van der Waals surface area contributed by atoms with Crippen LogP contribution < -0.4 is 4.74 Å². The van der Waals surface area contributed by atoms with E-state index in [1.807, 2.05) is 62.5 Å². The zero-order valence-corrected chi connectivity index (χ0v) is 17.6. The van der Waals surface area contributed by atoms with E-state index in [1.54, 1.807) is 4.68 Å². The molecule has 0 atom stereocenters. The molecule has 0 bridgehead atoms. The van der Waals surface area contributed by atoms with Crippen molar-refractivity contribution in [2.75, 3.05) is 13.1 Å². The van der Waals surface area contributed by atoms with Crippen LogP contribution >= 0.6 is 11.6 Å². The summed E-state index contributed by atoms with van der Waals surface area (Å²) >= 11 is 6.33. The number of carbonyl (C=O) groups is 1. The molecular formula is C22H23ClN4O3. The standard InChI is InChI=1S/C22H23ClN4O3/c1-14(2)30-21-8-5-16(9-19(21)23)20-13-27(25-24-20)18-6-3-15(4-7-18)10-26-11-17(12-26)22(28)29/h3-9,13-14,17H,10-12H2,1-2H3,(H,28,29). The lowest BCUT2D eigenvalue weighted by atomic mass is 9.99. The molecule has 1 aliphatic heterocycles. The third-order valence-corrected chi connectivity index (χ3v) is 5.29. The normalized spacial score (nSPS) is 14.7. The number of nitrogens with zero attached hydrogens (tertiary/aromatic N) is 4. The van der Waals surface area contributed by atoms with E-state index in [-0.39, 0.29) is 12.0 Å². The summed E-state index contributed by atoms with van der Waals surface area (Å²) in [4.78, 5) is 13.0. The first-order valence-corrected chi connectivity index (χ1v) is 10.2. The van der Waals surface area contributed by atoms with Crippen LogP contribution in [0.25, 0.3) is 16.9 Å². The fourth-order valence-corrected chi connectivity index (χ4v) is 3.62. The van der Waals surface area contributed by atoms with E-state index < -0.39 is 5.97 Å². The molecule has 1 aliphatic rings. The van der Waals surface area contributed by atoms with Crippen molar-refractivity contribution in [2.24, 2.45) is 5.92 Å². The number of benzene rings is 2. The van der Waals surface area contributed by atoms with Crippen molar-refractivity contribution < 1.29 is 14.6 Å². The number of ether oxygens (including phenoxy) is 1. The highest BCUT2D eigenvalue weighted by molar-refractivity contribution is 6.32. The molecule has 1 aromatic heterocycles. The molecule has 30 heavy (non-hydrogen) atoms. The van der Waals surface area contributed by atoms with E-state index in [0.717, 1.165) is 29.1 Å². The number of carboxylic acid groups (broad SMARTS) is 1. The van der Waals surface area contributed by atoms with Crippen molar-refractivity contribution in [3.63, 3.8) is 0 Å². The van der Waals surface area contributed by atoms with Crippen LogP contribution in [0.5, 0.6) is 5.75 Å². The third kappa shape index (κ3) is 4.47. The molecule has 7 nitrogen and oxygen atoms in total. The molecule has 0 unspecified atom stereocenters. The summed E-state index contributed by atoms with van der Waals surface area (Å²) in [7, 11) is 0. The predicted molar refractivity (Wildman–Crippen MR) is 114 cm³/mol. The highest BCUT2D eigenvalue weighted by Gasteiger charge is 2.32. The largest absolute Gasteiger partial charge is 0.489 e. The Kier molecular flexibility index (Phi) is 5.74. The fraction of sp³-hybridized carbons (Fsp3) is 0.318. The smallest absolute Gasteiger partial charge is 0.309 e. The molecule has 156 valence electrons. The summed E-state index contributed by atoms with van der Waals surface area (Å²) in [6, 6.07) is 13.6. The van der Waals surface area contributed by atoms with Crippen molar-refractivity contribution in [1.29, 1.82) is 0 Å². The first-order valence-electron chi connectivity index (χ1n) is 9.82. The van der Waals surface area contributed by atoms with Crippen LogP contribution in [0.2, 0.25) is 5.02 Å². The molecule has 0 spiro atoms. The molecule has 0 radical (unpaired) electrons. The van der Waals surface area contributed by atoms with Gasteiger partial charge in [-0.1, -0.05) is 28.9 Å². The fourth-order valence-electron chi connectivity index (χ4n) is 3.40. The van der Waals surface area contributed by atoms with Crippen LogP contribution in [0.4, 0.5) is 0 Å². The van der Waals surface area contributed by atoms with Crippen LogP contribution in [0.3, 0.4) is 0 Å². The number of aromatic nitrogens is 3. The number of aliphatic carboxylic acids is 1. The quantitative estimate of drug-likeness (QED) is 0.617. The van der Waals surface area contributed by atoms with Gasteiger partial charge in [0.2, 0.25) is 0 Å². The van der Waals surface area contributed by atoms with Crippen molar-refractivity contribution in [3.05, 3.63) is 59.2 Å². The van der Waals surface area contributed by atoms with Crippen molar-refractivity contribution in [2.45, 2.75) is 26.5 Å². The molecule has 1 N–H and O–H groups in total.